The molecule has 0 aliphatic rings. The molecule has 0 rings (SSSR count). The minimum atomic E-state index is 0.0231. The van der Waals surface area contributed by atoms with E-state index in [1.807, 2.05) is 6.92 Å². The maximum Gasteiger partial charge on any atom is 0.0263 e. The lowest BCUT2D eigenvalue weighted by atomic mass is 10.4. The molecule has 0 heterocycles. The molecule has 0 aliphatic carbocycles. The molecule has 1 radical (unpaired) electrons. The summed E-state index contributed by atoms with van der Waals surface area (Å²) in [5.41, 5.74) is 5.12. The average molecular weight is 70.1 g/mol. The number of nitrogens with two attached hydrogens (primary N) is 1. The highest BCUT2D eigenvalue weighted by Crippen LogP contribution is 1.65. The Morgan fingerprint density at radius 1 is 2.00 bits per heavy atom. The standard InChI is InChI=1S/C4H8N/c1-3-4(2)5/h4H,1,5H2,2H3. The highest BCUT2D eigenvalue weighted by Gasteiger charge is 1.74. The van der Waals surface area contributed by atoms with Crippen LogP contribution >= 0.6 is 0 Å². The summed E-state index contributed by atoms with van der Waals surface area (Å²) in [6, 6.07) is 0.0231. The zero-order valence-electron chi connectivity index (χ0n) is 3.36. The van der Waals surface area contributed by atoms with E-state index in [2.05, 4.69) is 12.7 Å². The summed E-state index contributed by atoms with van der Waals surface area (Å²) in [6.45, 7) is 5.14. The lowest BCUT2D eigenvalue weighted by Crippen LogP contribution is -2.09. The summed E-state index contributed by atoms with van der Waals surface area (Å²) < 4.78 is 0. The molecular formula is C4H8N. The summed E-state index contributed by atoms with van der Waals surface area (Å²) in [4.78, 5) is 0. The number of hydrogen-bond acceptors (Lipinski definition) is 1. The summed E-state index contributed by atoms with van der Waals surface area (Å²) in [5.74, 6) is 0. The molecule has 0 amide bonds. The van der Waals surface area contributed by atoms with Crippen LogP contribution in [0.25, 0.3) is 0 Å². The smallest absolute Gasteiger partial charge is 0.0263 e. The first kappa shape index (κ1) is 4.70. The van der Waals surface area contributed by atoms with E-state index in [1.165, 1.54) is 0 Å². The third-order valence-electron chi connectivity index (χ3n) is 0.322. The highest BCUT2D eigenvalue weighted by atomic mass is 14.6. The second-order valence-corrected chi connectivity index (χ2v) is 0.993. The van der Waals surface area contributed by atoms with Gasteiger partial charge in [-0.2, -0.15) is 0 Å². The molecule has 0 aromatic carbocycles. The fraction of sp³-hybridized carbons (Fsp3) is 0.500. The van der Waals surface area contributed by atoms with Crippen molar-refractivity contribution in [1.82, 2.24) is 0 Å². The van der Waals surface area contributed by atoms with Gasteiger partial charge >= 0.3 is 0 Å². The maximum atomic E-state index is 5.12. The number of hydrogen-bond donors (Lipinski definition) is 1. The molecule has 0 bridgehead atoms. The van der Waals surface area contributed by atoms with Gasteiger partial charge in [-0.3, -0.25) is 0 Å². The van der Waals surface area contributed by atoms with Gasteiger partial charge in [-0.25, -0.2) is 0 Å². The van der Waals surface area contributed by atoms with Crippen LogP contribution in [0.3, 0.4) is 0 Å². The Morgan fingerprint density at radius 2 is 2.20 bits per heavy atom. The molecule has 1 unspecified atom stereocenters. The zero-order chi connectivity index (χ0) is 4.28. The Labute approximate surface area is 32.5 Å². The van der Waals surface area contributed by atoms with Crippen LogP contribution < -0.4 is 5.73 Å². The Kier molecular flexibility index (Phi) is 1.85. The van der Waals surface area contributed by atoms with Crippen LogP contribution in [-0.2, 0) is 0 Å². The van der Waals surface area contributed by atoms with Crippen molar-refractivity contribution in [3.8, 4) is 0 Å². The molecule has 5 heavy (non-hydrogen) atoms. The summed E-state index contributed by atoms with van der Waals surface area (Å²) in [7, 11) is 0. The lowest BCUT2D eigenvalue weighted by molar-refractivity contribution is 0.905. The molecule has 0 aromatic heterocycles. The van der Waals surface area contributed by atoms with Crippen molar-refractivity contribution in [3.05, 3.63) is 12.7 Å². The molecule has 0 saturated carbocycles. The van der Waals surface area contributed by atoms with E-state index in [1.54, 1.807) is 0 Å². The monoisotopic (exact) mass is 70.1 g/mol. The summed E-state index contributed by atoms with van der Waals surface area (Å²) in [5, 5.41) is 0. The Balaban J connectivity index is 2.83. The van der Waals surface area contributed by atoms with Crippen LogP contribution in [0.5, 0.6) is 0 Å². The zero-order valence-corrected chi connectivity index (χ0v) is 3.36. The summed E-state index contributed by atoms with van der Waals surface area (Å²) >= 11 is 0. The molecule has 1 nitrogen and oxygen atoms in total. The van der Waals surface area contributed by atoms with Crippen molar-refractivity contribution in [3.63, 3.8) is 0 Å². The Morgan fingerprint density at radius 3 is 2.20 bits per heavy atom. The van der Waals surface area contributed by atoms with Gasteiger partial charge in [0.25, 0.3) is 0 Å². The first-order valence-corrected chi connectivity index (χ1v) is 1.55. The van der Waals surface area contributed by atoms with Crippen LogP contribution in [0.2, 0.25) is 0 Å². The van der Waals surface area contributed by atoms with Gasteiger partial charge in [0.2, 0.25) is 0 Å². The molecule has 2 N–H and O–H groups in total. The van der Waals surface area contributed by atoms with E-state index in [-0.39, 0.29) is 6.04 Å². The van der Waals surface area contributed by atoms with E-state index in [4.69, 9.17) is 5.73 Å². The van der Waals surface area contributed by atoms with Gasteiger partial charge in [0.05, 0.1) is 0 Å². The van der Waals surface area contributed by atoms with Gasteiger partial charge in [0, 0.05) is 6.04 Å². The molecule has 0 saturated heterocycles. The van der Waals surface area contributed by atoms with Crippen LogP contribution in [-0.4, -0.2) is 6.04 Å². The molecule has 29 valence electrons. The topological polar surface area (TPSA) is 26.0 Å². The van der Waals surface area contributed by atoms with Crippen molar-refractivity contribution in [2.24, 2.45) is 5.73 Å². The molecule has 0 spiro atoms. The third-order valence-corrected chi connectivity index (χ3v) is 0.322. The minimum Gasteiger partial charge on any atom is -0.324 e. The Hall–Kier alpha value is -0.300. The molecule has 0 aliphatic heterocycles. The van der Waals surface area contributed by atoms with Gasteiger partial charge in [-0.1, -0.05) is 6.58 Å². The third kappa shape index (κ3) is 3.70. The van der Waals surface area contributed by atoms with Gasteiger partial charge in [-0.15, -0.1) is 0 Å². The molecular weight excluding hydrogens is 62.1 g/mol. The highest BCUT2D eigenvalue weighted by molar-refractivity contribution is 4.65. The predicted molar refractivity (Wildman–Crippen MR) is 22.5 cm³/mol. The van der Waals surface area contributed by atoms with Gasteiger partial charge in [0.1, 0.15) is 0 Å². The van der Waals surface area contributed by atoms with E-state index >= 15 is 0 Å². The van der Waals surface area contributed by atoms with Gasteiger partial charge in [0.15, 0.2) is 0 Å². The molecule has 0 fully saturated rings. The Bertz CT molecular complexity index is 30.6. The maximum absolute atomic E-state index is 5.12. The van der Waals surface area contributed by atoms with E-state index < -0.39 is 0 Å². The van der Waals surface area contributed by atoms with Crippen molar-refractivity contribution < 1.29 is 0 Å². The second kappa shape index (κ2) is 1.97. The predicted octanol–water partition coefficient (Wildman–Crippen LogP) is 0.323. The van der Waals surface area contributed by atoms with Crippen molar-refractivity contribution in [1.29, 1.82) is 0 Å². The minimum absolute atomic E-state index is 0.0231. The van der Waals surface area contributed by atoms with Crippen molar-refractivity contribution in [2.45, 2.75) is 13.0 Å². The van der Waals surface area contributed by atoms with Gasteiger partial charge in [-0.05, 0) is 13.0 Å². The first-order chi connectivity index (χ1) is 2.27. The average Bonchev–Trinajstić information content (AvgIpc) is 1.38. The van der Waals surface area contributed by atoms with Crippen LogP contribution in [0, 0.1) is 6.08 Å². The van der Waals surface area contributed by atoms with Gasteiger partial charge < -0.3 is 5.73 Å². The van der Waals surface area contributed by atoms with E-state index in [0.717, 1.165) is 0 Å². The SMILES string of the molecule is C=[C]C(C)N. The second-order valence-electron chi connectivity index (χ2n) is 0.993. The van der Waals surface area contributed by atoms with Crippen LogP contribution in [0.1, 0.15) is 6.92 Å². The van der Waals surface area contributed by atoms with Crippen molar-refractivity contribution in [2.75, 3.05) is 0 Å². The summed E-state index contributed by atoms with van der Waals surface area (Å²) in [6.07, 6.45) is 2.56. The number of rotatable bonds is 1. The largest absolute Gasteiger partial charge is 0.324 e. The van der Waals surface area contributed by atoms with E-state index in [9.17, 15) is 0 Å². The normalized spacial score (nSPS) is 14.0. The fourth-order valence-electron chi connectivity index (χ4n) is 0. The fourth-order valence-corrected chi connectivity index (χ4v) is 0. The lowest BCUT2D eigenvalue weighted by Gasteiger charge is -1.84. The van der Waals surface area contributed by atoms with Crippen LogP contribution in [0.15, 0.2) is 6.58 Å². The molecule has 1 atom stereocenters. The van der Waals surface area contributed by atoms with Crippen LogP contribution in [0.4, 0.5) is 0 Å². The van der Waals surface area contributed by atoms with E-state index in [0.29, 0.717) is 0 Å². The van der Waals surface area contributed by atoms with Crippen molar-refractivity contribution >= 4 is 0 Å². The quantitative estimate of drug-likeness (QED) is 0.472. The first-order valence-electron chi connectivity index (χ1n) is 1.55. The molecule has 0 aromatic rings. The molecule has 1 heteroatoms.